The first-order valence-electron chi connectivity index (χ1n) is 9.64. The van der Waals surface area contributed by atoms with Gasteiger partial charge in [-0.05, 0) is 50.8 Å². The summed E-state index contributed by atoms with van der Waals surface area (Å²) in [5.74, 6) is -1.24. The second-order valence-corrected chi connectivity index (χ2v) is 7.41. The molecule has 0 saturated carbocycles. The highest BCUT2D eigenvalue weighted by Gasteiger charge is 2.17. The van der Waals surface area contributed by atoms with E-state index in [1.165, 1.54) is 6.08 Å². The Morgan fingerprint density at radius 1 is 1.28 bits per heavy atom. The van der Waals surface area contributed by atoms with Crippen molar-refractivity contribution in [2.24, 2.45) is 5.92 Å². The number of urea groups is 1. The molecule has 1 rings (SSSR count). The van der Waals surface area contributed by atoms with Crippen LogP contribution in [0.15, 0.2) is 11.6 Å². The van der Waals surface area contributed by atoms with E-state index in [2.05, 4.69) is 29.0 Å². The first-order chi connectivity index (χ1) is 13.6. The van der Waals surface area contributed by atoms with Crippen molar-refractivity contribution in [3.63, 3.8) is 0 Å². The van der Waals surface area contributed by atoms with Gasteiger partial charge < -0.3 is 14.6 Å². The summed E-state index contributed by atoms with van der Waals surface area (Å²) in [4.78, 5) is 35.5. The van der Waals surface area contributed by atoms with E-state index in [-0.39, 0.29) is 11.6 Å². The van der Waals surface area contributed by atoms with Gasteiger partial charge in [-0.15, -0.1) is 0 Å². The maximum atomic E-state index is 12.2. The van der Waals surface area contributed by atoms with E-state index in [1.807, 2.05) is 32.9 Å². The van der Waals surface area contributed by atoms with Gasteiger partial charge in [-0.1, -0.05) is 20.8 Å². The Labute approximate surface area is 171 Å². The molecule has 29 heavy (non-hydrogen) atoms. The lowest BCUT2D eigenvalue weighted by Gasteiger charge is -2.12. The topological polar surface area (TPSA) is 113 Å². The number of amides is 3. The minimum Gasteiger partial charge on any atom is -0.451 e. The van der Waals surface area contributed by atoms with Crippen LogP contribution in [-0.2, 0) is 20.9 Å². The third-order valence-corrected chi connectivity index (χ3v) is 4.38. The minimum absolute atomic E-state index is 0.0897. The van der Waals surface area contributed by atoms with Crippen LogP contribution >= 0.6 is 0 Å². The van der Waals surface area contributed by atoms with Crippen molar-refractivity contribution in [1.82, 2.24) is 15.2 Å². The average molecular weight is 402 g/mol. The van der Waals surface area contributed by atoms with E-state index >= 15 is 0 Å². The number of carbonyl (C=O) groups excluding carboxylic acids is 3. The van der Waals surface area contributed by atoms with Crippen LogP contribution in [0.25, 0.3) is 6.08 Å². The number of hydrogen-bond acceptors (Lipinski definition) is 5. The second kappa shape index (κ2) is 11.1. The molecule has 0 saturated heterocycles. The quantitative estimate of drug-likeness (QED) is 0.394. The molecule has 1 aromatic rings. The summed E-state index contributed by atoms with van der Waals surface area (Å²) in [7, 11) is 0. The Hall–Kier alpha value is -3.08. The summed E-state index contributed by atoms with van der Waals surface area (Å²) >= 11 is 0. The van der Waals surface area contributed by atoms with Crippen molar-refractivity contribution in [3.8, 4) is 6.07 Å². The van der Waals surface area contributed by atoms with Gasteiger partial charge >= 0.3 is 12.0 Å². The minimum atomic E-state index is -0.918. The van der Waals surface area contributed by atoms with E-state index in [4.69, 9.17) is 4.74 Å². The first kappa shape index (κ1) is 24.0. The molecule has 1 atom stereocenters. The van der Waals surface area contributed by atoms with E-state index in [0.717, 1.165) is 23.5 Å². The summed E-state index contributed by atoms with van der Waals surface area (Å²) in [5.41, 5.74) is 2.50. The van der Waals surface area contributed by atoms with Gasteiger partial charge in [-0.2, -0.15) is 5.26 Å². The molecule has 0 fully saturated rings. The van der Waals surface area contributed by atoms with Gasteiger partial charge in [0.25, 0.3) is 5.91 Å². The number of carbonyl (C=O) groups is 3. The molecular weight excluding hydrogens is 372 g/mol. The highest BCUT2D eigenvalue weighted by atomic mass is 16.5. The van der Waals surface area contributed by atoms with Gasteiger partial charge in [0.15, 0.2) is 6.61 Å². The molecule has 0 aliphatic heterocycles. The van der Waals surface area contributed by atoms with Crippen LogP contribution in [0.4, 0.5) is 4.79 Å². The van der Waals surface area contributed by atoms with Gasteiger partial charge in [-0.25, -0.2) is 9.59 Å². The number of nitriles is 1. The Morgan fingerprint density at radius 2 is 1.93 bits per heavy atom. The number of nitrogens with zero attached hydrogens (tertiary/aromatic N) is 2. The van der Waals surface area contributed by atoms with Crippen molar-refractivity contribution in [1.29, 1.82) is 5.26 Å². The fraction of sp³-hybridized carbons (Fsp3) is 0.524. The second-order valence-electron chi connectivity index (χ2n) is 7.41. The van der Waals surface area contributed by atoms with Gasteiger partial charge in [0, 0.05) is 24.0 Å². The molecule has 3 amide bonds. The number of nitrogens with one attached hydrogen (secondary N) is 2. The first-order valence-corrected chi connectivity index (χ1v) is 9.64. The molecule has 0 bridgehead atoms. The highest BCUT2D eigenvalue weighted by molar-refractivity contribution is 6.00. The number of imide groups is 1. The number of hydrogen-bond donors (Lipinski definition) is 2. The molecule has 0 unspecified atom stereocenters. The van der Waals surface area contributed by atoms with Gasteiger partial charge in [-0.3, -0.25) is 10.1 Å². The molecular formula is C21H30N4O4. The lowest BCUT2D eigenvalue weighted by Crippen LogP contribution is -2.44. The van der Waals surface area contributed by atoms with Crippen molar-refractivity contribution in [3.05, 3.63) is 28.6 Å². The predicted octanol–water partition coefficient (Wildman–Crippen LogP) is 2.84. The number of esters is 1. The standard InChI is InChI=1S/C21H30N4O4/c1-7-14(4)23-21(28)24-19(26)12-29-20(27)18(10-22)9-17-8-15(5)25(16(17)6)11-13(2)3/h8-9,13-14H,7,11-12H2,1-6H3,(H2,23,24,26,28)/b18-9+/t14-/m0/s1. The normalized spacial score (nSPS) is 12.3. The summed E-state index contributed by atoms with van der Waals surface area (Å²) in [6, 6.07) is 2.96. The predicted molar refractivity (Wildman–Crippen MR) is 110 cm³/mol. The van der Waals surface area contributed by atoms with E-state index in [0.29, 0.717) is 12.3 Å². The smallest absolute Gasteiger partial charge is 0.349 e. The number of rotatable bonds is 8. The molecule has 158 valence electrons. The fourth-order valence-corrected chi connectivity index (χ4v) is 2.65. The van der Waals surface area contributed by atoms with Gasteiger partial charge in [0.05, 0.1) is 0 Å². The van der Waals surface area contributed by atoms with Crippen LogP contribution in [0.1, 0.15) is 51.1 Å². The number of ether oxygens (including phenoxy) is 1. The summed E-state index contributed by atoms with van der Waals surface area (Å²) in [5, 5.41) is 14.0. The van der Waals surface area contributed by atoms with E-state index in [9.17, 15) is 19.6 Å². The summed E-state index contributed by atoms with van der Waals surface area (Å²) in [6.45, 7) is 12.0. The monoisotopic (exact) mass is 402 g/mol. The van der Waals surface area contributed by atoms with Crippen LogP contribution in [-0.4, -0.2) is 35.1 Å². The lowest BCUT2D eigenvalue weighted by molar-refractivity contribution is -0.144. The Morgan fingerprint density at radius 3 is 2.48 bits per heavy atom. The number of aryl methyl sites for hydroxylation is 1. The van der Waals surface area contributed by atoms with E-state index in [1.54, 1.807) is 6.92 Å². The van der Waals surface area contributed by atoms with E-state index < -0.39 is 24.5 Å². The van der Waals surface area contributed by atoms with Crippen LogP contribution in [0.2, 0.25) is 0 Å². The lowest BCUT2D eigenvalue weighted by atomic mass is 10.1. The fourth-order valence-electron chi connectivity index (χ4n) is 2.65. The SMILES string of the molecule is CC[C@H](C)NC(=O)NC(=O)COC(=O)/C(C#N)=C/c1cc(C)n(CC(C)C)c1C. The van der Waals surface area contributed by atoms with Crippen molar-refractivity contribution in [2.45, 2.75) is 60.5 Å². The Kier molecular flexibility index (Phi) is 9.13. The maximum Gasteiger partial charge on any atom is 0.349 e. The Bertz CT molecular complexity index is 830. The van der Waals surface area contributed by atoms with Crippen LogP contribution in [0, 0.1) is 31.1 Å². The Balaban J connectivity index is 2.77. The third kappa shape index (κ3) is 7.45. The molecule has 8 heteroatoms. The zero-order chi connectivity index (χ0) is 22.1. The van der Waals surface area contributed by atoms with Crippen LogP contribution < -0.4 is 10.6 Å². The van der Waals surface area contributed by atoms with Crippen LogP contribution in [0.3, 0.4) is 0 Å². The molecule has 0 aromatic carbocycles. The zero-order valence-corrected chi connectivity index (χ0v) is 18.0. The molecule has 0 spiro atoms. The maximum absolute atomic E-state index is 12.2. The van der Waals surface area contributed by atoms with Gasteiger partial charge in [0.2, 0.25) is 0 Å². The number of aromatic nitrogens is 1. The molecule has 1 heterocycles. The molecule has 0 aliphatic carbocycles. The molecule has 2 N–H and O–H groups in total. The van der Waals surface area contributed by atoms with Crippen molar-refractivity contribution >= 4 is 24.0 Å². The molecule has 0 radical (unpaired) electrons. The molecule has 0 aliphatic rings. The van der Waals surface area contributed by atoms with Crippen molar-refractivity contribution in [2.75, 3.05) is 6.61 Å². The average Bonchev–Trinajstić information content (AvgIpc) is 2.90. The zero-order valence-electron chi connectivity index (χ0n) is 18.0. The van der Waals surface area contributed by atoms with Crippen LogP contribution in [0.5, 0.6) is 0 Å². The molecule has 8 nitrogen and oxygen atoms in total. The summed E-state index contributed by atoms with van der Waals surface area (Å²) < 4.78 is 7.00. The largest absolute Gasteiger partial charge is 0.451 e. The highest BCUT2D eigenvalue weighted by Crippen LogP contribution is 2.20. The molecule has 1 aromatic heterocycles. The summed E-state index contributed by atoms with van der Waals surface area (Å²) in [6.07, 6.45) is 2.17. The third-order valence-electron chi connectivity index (χ3n) is 4.38. The van der Waals surface area contributed by atoms with Crippen molar-refractivity contribution < 1.29 is 19.1 Å². The van der Waals surface area contributed by atoms with Gasteiger partial charge in [0.1, 0.15) is 11.6 Å².